The van der Waals surface area contributed by atoms with E-state index < -0.39 is 17.8 Å². The van der Waals surface area contributed by atoms with Crippen LogP contribution in [0.3, 0.4) is 0 Å². The number of hydrogen-bond donors (Lipinski definition) is 2. The summed E-state index contributed by atoms with van der Waals surface area (Å²) in [4.78, 5) is 15.9. The Kier molecular flexibility index (Phi) is 8.87. The first-order valence-corrected chi connectivity index (χ1v) is 9.05. The number of carbonyl (C=O) groups excluding carboxylic acids is 1. The minimum absolute atomic E-state index is 0. The second-order valence-corrected chi connectivity index (χ2v) is 6.37. The molecule has 2 aromatic rings. The van der Waals surface area contributed by atoms with Crippen molar-refractivity contribution in [2.24, 2.45) is 5.73 Å². The zero-order valence-corrected chi connectivity index (χ0v) is 16.0. The molecule has 2 rings (SSSR count). The summed E-state index contributed by atoms with van der Waals surface area (Å²) in [6.45, 7) is 0. The maximum Gasteiger partial charge on any atom is 0.416 e. The van der Waals surface area contributed by atoms with E-state index in [1.807, 2.05) is 6.26 Å². The van der Waals surface area contributed by atoms with Crippen LogP contribution in [0.15, 0.2) is 42.6 Å². The third-order valence-corrected chi connectivity index (χ3v) is 4.02. The summed E-state index contributed by atoms with van der Waals surface area (Å²) in [5.41, 5.74) is 5.47. The first-order chi connectivity index (χ1) is 12.3. The molecule has 148 valence electrons. The number of ether oxygens (including phenoxy) is 1. The molecular formula is C17H19ClF3N3O2S. The molecule has 0 radical (unpaired) electrons. The van der Waals surface area contributed by atoms with Gasteiger partial charge in [-0.25, -0.2) is 4.98 Å². The van der Waals surface area contributed by atoms with Crippen molar-refractivity contribution in [2.75, 3.05) is 17.3 Å². The van der Waals surface area contributed by atoms with Crippen LogP contribution in [-0.4, -0.2) is 28.9 Å². The van der Waals surface area contributed by atoms with Gasteiger partial charge in [-0.3, -0.25) is 4.79 Å². The van der Waals surface area contributed by atoms with Crippen LogP contribution >= 0.6 is 24.2 Å². The average molecular weight is 422 g/mol. The van der Waals surface area contributed by atoms with Crippen LogP contribution in [0.4, 0.5) is 18.9 Å². The van der Waals surface area contributed by atoms with Gasteiger partial charge in [0, 0.05) is 6.07 Å². The maximum atomic E-state index is 12.5. The number of pyridine rings is 1. The molecule has 1 aromatic heterocycles. The predicted octanol–water partition coefficient (Wildman–Crippen LogP) is 4.33. The molecule has 0 aliphatic carbocycles. The lowest BCUT2D eigenvalue weighted by Crippen LogP contribution is -2.36. The highest BCUT2D eigenvalue weighted by atomic mass is 35.5. The topological polar surface area (TPSA) is 77.2 Å². The molecule has 0 fully saturated rings. The molecule has 0 spiro atoms. The van der Waals surface area contributed by atoms with Crippen molar-refractivity contribution >= 4 is 35.8 Å². The molecule has 0 aliphatic heterocycles. The highest BCUT2D eigenvalue weighted by molar-refractivity contribution is 7.98. The highest BCUT2D eigenvalue weighted by Gasteiger charge is 2.30. The Morgan fingerprint density at radius 2 is 1.93 bits per heavy atom. The lowest BCUT2D eigenvalue weighted by atomic mass is 10.2. The summed E-state index contributed by atoms with van der Waals surface area (Å²) in [5, 5.41) is 2.65. The van der Waals surface area contributed by atoms with Crippen LogP contribution in [0.2, 0.25) is 0 Å². The van der Waals surface area contributed by atoms with E-state index in [4.69, 9.17) is 10.5 Å². The monoisotopic (exact) mass is 421 g/mol. The number of halogens is 4. The van der Waals surface area contributed by atoms with E-state index in [1.165, 1.54) is 24.4 Å². The van der Waals surface area contributed by atoms with Gasteiger partial charge in [0.15, 0.2) is 0 Å². The Bertz CT molecular complexity index is 728. The number of thioether (sulfide) groups is 1. The number of nitrogens with zero attached hydrogens (tertiary/aromatic N) is 1. The van der Waals surface area contributed by atoms with E-state index in [-0.39, 0.29) is 29.9 Å². The van der Waals surface area contributed by atoms with Gasteiger partial charge in [-0.1, -0.05) is 0 Å². The fourth-order valence-corrected chi connectivity index (χ4v) is 2.45. The van der Waals surface area contributed by atoms with Gasteiger partial charge in [0.25, 0.3) is 0 Å². The number of rotatable bonds is 7. The van der Waals surface area contributed by atoms with Crippen LogP contribution < -0.4 is 15.8 Å². The summed E-state index contributed by atoms with van der Waals surface area (Å²) >= 11 is 1.61. The van der Waals surface area contributed by atoms with E-state index in [0.717, 1.165) is 17.9 Å². The number of benzene rings is 1. The van der Waals surface area contributed by atoms with Crippen molar-refractivity contribution in [3.05, 3.63) is 48.2 Å². The van der Waals surface area contributed by atoms with Gasteiger partial charge in [-0.2, -0.15) is 24.9 Å². The molecule has 0 saturated carbocycles. The Morgan fingerprint density at radius 1 is 1.26 bits per heavy atom. The second-order valence-electron chi connectivity index (χ2n) is 5.39. The van der Waals surface area contributed by atoms with Crippen molar-refractivity contribution < 1.29 is 22.7 Å². The van der Waals surface area contributed by atoms with Crippen LogP contribution in [0.1, 0.15) is 12.0 Å². The van der Waals surface area contributed by atoms with Gasteiger partial charge in [-0.05, 0) is 48.8 Å². The summed E-state index contributed by atoms with van der Waals surface area (Å²) in [5.74, 6) is 0.889. The van der Waals surface area contributed by atoms with Gasteiger partial charge < -0.3 is 15.8 Å². The molecule has 0 saturated heterocycles. The van der Waals surface area contributed by atoms with Crippen molar-refractivity contribution in [1.82, 2.24) is 4.98 Å². The predicted molar refractivity (Wildman–Crippen MR) is 103 cm³/mol. The number of alkyl halides is 3. The van der Waals surface area contributed by atoms with E-state index in [0.29, 0.717) is 12.1 Å². The molecular weight excluding hydrogens is 403 g/mol. The Labute approximate surface area is 165 Å². The smallest absolute Gasteiger partial charge is 0.416 e. The Morgan fingerprint density at radius 3 is 2.44 bits per heavy atom. The molecule has 1 aromatic carbocycles. The third-order valence-electron chi connectivity index (χ3n) is 3.38. The second kappa shape index (κ2) is 10.4. The minimum atomic E-state index is -4.40. The number of aromatic nitrogens is 1. The van der Waals surface area contributed by atoms with Crippen molar-refractivity contribution in [1.29, 1.82) is 0 Å². The van der Waals surface area contributed by atoms with Crippen molar-refractivity contribution in [2.45, 2.75) is 18.6 Å². The standard InChI is InChI=1S/C17H18F3N3O2S.ClH/c1-26-9-8-14(21)16(24)23-12-4-7-15(22-10-12)25-13-5-2-11(3-6-13)17(18,19)20;/h2-7,10,14H,8-9,21H2,1H3,(H,23,24);1H/t14-;/m0./s1. The lowest BCUT2D eigenvalue weighted by molar-refractivity contribution is -0.137. The Balaban J connectivity index is 0.00000364. The fourth-order valence-electron chi connectivity index (χ4n) is 1.96. The number of nitrogens with two attached hydrogens (primary N) is 1. The minimum Gasteiger partial charge on any atom is -0.439 e. The fraction of sp³-hybridized carbons (Fsp3) is 0.294. The van der Waals surface area contributed by atoms with Crippen LogP contribution in [-0.2, 0) is 11.0 Å². The van der Waals surface area contributed by atoms with Crippen LogP contribution in [0, 0.1) is 0 Å². The first-order valence-electron chi connectivity index (χ1n) is 7.66. The van der Waals surface area contributed by atoms with Gasteiger partial charge in [0.1, 0.15) is 5.75 Å². The van der Waals surface area contributed by atoms with E-state index >= 15 is 0 Å². The molecule has 0 aliphatic rings. The number of carbonyl (C=O) groups is 1. The summed E-state index contributed by atoms with van der Waals surface area (Å²) in [6, 6.07) is 6.76. The van der Waals surface area contributed by atoms with Crippen LogP contribution in [0.25, 0.3) is 0 Å². The highest BCUT2D eigenvalue weighted by Crippen LogP contribution is 2.31. The first kappa shape index (κ1) is 23.1. The quantitative estimate of drug-likeness (QED) is 0.695. The largest absolute Gasteiger partial charge is 0.439 e. The maximum absolute atomic E-state index is 12.5. The molecule has 0 unspecified atom stereocenters. The zero-order valence-electron chi connectivity index (χ0n) is 14.3. The molecule has 27 heavy (non-hydrogen) atoms. The zero-order chi connectivity index (χ0) is 19.2. The summed E-state index contributed by atoms with van der Waals surface area (Å²) < 4.78 is 43.0. The summed E-state index contributed by atoms with van der Waals surface area (Å²) in [6.07, 6.45) is -0.509. The third kappa shape index (κ3) is 7.28. The molecule has 1 heterocycles. The van der Waals surface area contributed by atoms with Crippen molar-refractivity contribution in [3.8, 4) is 11.6 Å². The van der Waals surface area contributed by atoms with Gasteiger partial charge in [-0.15, -0.1) is 12.4 Å². The lowest BCUT2D eigenvalue weighted by Gasteiger charge is -2.12. The molecule has 1 atom stereocenters. The summed E-state index contributed by atoms with van der Waals surface area (Å²) in [7, 11) is 0. The van der Waals surface area contributed by atoms with Gasteiger partial charge >= 0.3 is 6.18 Å². The number of nitrogens with one attached hydrogen (secondary N) is 1. The molecule has 1 amide bonds. The van der Waals surface area contributed by atoms with Crippen molar-refractivity contribution in [3.63, 3.8) is 0 Å². The molecule has 3 N–H and O–H groups in total. The SMILES string of the molecule is CSCC[C@H](N)C(=O)Nc1ccc(Oc2ccc(C(F)(F)F)cc2)nc1.Cl. The van der Waals surface area contributed by atoms with E-state index in [1.54, 1.807) is 17.8 Å². The normalized spacial score (nSPS) is 12.0. The molecule has 0 bridgehead atoms. The van der Waals surface area contributed by atoms with Crippen LogP contribution in [0.5, 0.6) is 11.6 Å². The van der Waals surface area contributed by atoms with Gasteiger partial charge in [0.2, 0.25) is 11.8 Å². The molecule has 5 nitrogen and oxygen atoms in total. The number of anilines is 1. The number of amides is 1. The number of hydrogen-bond acceptors (Lipinski definition) is 5. The van der Waals surface area contributed by atoms with E-state index in [9.17, 15) is 18.0 Å². The van der Waals surface area contributed by atoms with E-state index in [2.05, 4.69) is 10.3 Å². The average Bonchev–Trinajstić information content (AvgIpc) is 2.61. The van der Waals surface area contributed by atoms with Gasteiger partial charge in [0.05, 0.1) is 23.5 Å². The Hall–Kier alpha value is -1.97. The molecule has 10 heteroatoms.